The highest BCUT2D eigenvalue weighted by Gasteiger charge is 2.04. The lowest BCUT2D eigenvalue weighted by Gasteiger charge is -2.07. The Bertz CT molecular complexity index is 744. The van der Waals surface area contributed by atoms with Gasteiger partial charge in [0, 0.05) is 23.8 Å². The van der Waals surface area contributed by atoms with Crippen LogP contribution in [0.3, 0.4) is 0 Å². The van der Waals surface area contributed by atoms with Gasteiger partial charge in [-0.05, 0) is 36.8 Å². The van der Waals surface area contributed by atoms with E-state index >= 15 is 0 Å². The van der Waals surface area contributed by atoms with Gasteiger partial charge in [-0.25, -0.2) is 4.98 Å². The quantitative estimate of drug-likeness (QED) is 0.801. The average Bonchev–Trinajstić information content (AvgIpc) is 3.05. The molecule has 0 atom stereocenters. The molecule has 0 fully saturated rings. The van der Waals surface area contributed by atoms with E-state index in [0.29, 0.717) is 6.42 Å². The van der Waals surface area contributed by atoms with Crippen LogP contribution in [0.2, 0.25) is 0 Å². The molecule has 0 saturated carbocycles. The highest BCUT2D eigenvalue weighted by Crippen LogP contribution is 2.13. The average molecular weight is 291 g/mol. The van der Waals surface area contributed by atoms with E-state index in [1.807, 2.05) is 66.2 Å². The minimum absolute atomic E-state index is 0.0146. The zero-order chi connectivity index (χ0) is 15.4. The molecule has 4 nitrogen and oxygen atoms in total. The van der Waals surface area contributed by atoms with E-state index in [9.17, 15) is 4.79 Å². The smallest absolute Gasteiger partial charge is 0.228 e. The maximum absolute atomic E-state index is 12.1. The van der Waals surface area contributed by atoms with Crippen molar-refractivity contribution in [3.05, 3.63) is 78.4 Å². The molecule has 0 spiro atoms. The number of aryl methyl sites for hydroxylation is 1. The van der Waals surface area contributed by atoms with E-state index in [1.165, 1.54) is 5.56 Å². The van der Waals surface area contributed by atoms with Crippen molar-refractivity contribution < 1.29 is 4.79 Å². The summed E-state index contributed by atoms with van der Waals surface area (Å²) in [6, 6.07) is 15.7. The molecule has 110 valence electrons. The van der Waals surface area contributed by atoms with Gasteiger partial charge >= 0.3 is 0 Å². The van der Waals surface area contributed by atoms with Crippen molar-refractivity contribution in [3.63, 3.8) is 0 Å². The summed E-state index contributed by atoms with van der Waals surface area (Å²) in [5.74, 6) is -0.0146. The minimum atomic E-state index is -0.0146. The Morgan fingerprint density at radius 2 is 1.82 bits per heavy atom. The maximum atomic E-state index is 12.1. The number of nitrogens with one attached hydrogen (secondary N) is 1. The Labute approximate surface area is 129 Å². The first-order valence-corrected chi connectivity index (χ1v) is 7.14. The Hall–Kier alpha value is -2.88. The van der Waals surface area contributed by atoms with Crippen LogP contribution in [0.1, 0.15) is 11.1 Å². The maximum Gasteiger partial charge on any atom is 0.228 e. The van der Waals surface area contributed by atoms with Crippen molar-refractivity contribution in [1.82, 2.24) is 9.55 Å². The number of carbonyl (C=O) groups is 1. The first kappa shape index (κ1) is 14.1. The van der Waals surface area contributed by atoms with Crippen molar-refractivity contribution in [2.75, 3.05) is 5.32 Å². The number of benzene rings is 2. The second-order valence-electron chi connectivity index (χ2n) is 5.23. The summed E-state index contributed by atoms with van der Waals surface area (Å²) in [6.45, 7) is 2.03. The second kappa shape index (κ2) is 6.26. The minimum Gasteiger partial charge on any atom is -0.326 e. The molecular formula is C18H17N3O. The summed E-state index contributed by atoms with van der Waals surface area (Å²) < 4.78 is 1.91. The molecule has 22 heavy (non-hydrogen) atoms. The van der Waals surface area contributed by atoms with Crippen LogP contribution >= 0.6 is 0 Å². The molecule has 0 radical (unpaired) electrons. The predicted molar refractivity (Wildman–Crippen MR) is 87.1 cm³/mol. The van der Waals surface area contributed by atoms with Crippen LogP contribution in [0, 0.1) is 6.92 Å². The molecule has 2 aromatic carbocycles. The van der Waals surface area contributed by atoms with E-state index in [1.54, 1.807) is 12.5 Å². The topological polar surface area (TPSA) is 46.9 Å². The summed E-state index contributed by atoms with van der Waals surface area (Å²) in [6.07, 6.45) is 5.73. The molecule has 0 unspecified atom stereocenters. The van der Waals surface area contributed by atoms with Gasteiger partial charge in [-0.15, -0.1) is 0 Å². The summed E-state index contributed by atoms with van der Waals surface area (Å²) in [5, 5.41) is 2.91. The number of carbonyl (C=O) groups excluding carboxylic acids is 1. The molecule has 3 rings (SSSR count). The van der Waals surface area contributed by atoms with Gasteiger partial charge in [0.1, 0.15) is 0 Å². The summed E-state index contributed by atoms with van der Waals surface area (Å²) >= 11 is 0. The number of hydrogen-bond acceptors (Lipinski definition) is 2. The monoisotopic (exact) mass is 291 g/mol. The third kappa shape index (κ3) is 3.41. The fraction of sp³-hybridized carbons (Fsp3) is 0.111. The van der Waals surface area contributed by atoms with Gasteiger partial charge in [0.05, 0.1) is 12.7 Å². The zero-order valence-corrected chi connectivity index (χ0v) is 12.4. The van der Waals surface area contributed by atoms with Crippen molar-refractivity contribution >= 4 is 11.6 Å². The number of anilines is 1. The lowest BCUT2D eigenvalue weighted by molar-refractivity contribution is -0.115. The molecule has 4 heteroatoms. The number of imidazole rings is 1. The third-order valence-corrected chi connectivity index (χ3v) is 3.44. The van der Waals surface area contributed by atoms with Crippen molar-refractivity contribution in [1.29, 1.82) is 0 Å². The normalized spacial score (nSPS) is 10.4. The van der Waals surface area contributed by atoms with Crippen LogP contribution in [0.4, 0.5) is 5.69 Å². The van der Waals surface area contributed by atoms with Gasteiger partial charge in [0.25, 0.3) is 0 Å². The van der Waals surface area contributed by atoms with Gasteiger partial charge in [-0.3, -0.25) is 4.79 Å². The second-order valence-corrected chi connectivity index (χ2v) is 5.23. The van der Waals surface area contributed by atoms with Crippen LogP contribution in [-0.4, -0.2) is 15.5 Å². The molecule has 0 bridgehead atoms. The van der Waals surface area contributed by atoms with Crippen LogP contribution in [-0.2, 0) is 11.2 Å². The van der Waals surface area contributed by atoms with E-state index in [4.69, 9.17) is 0 Å². The fourth-order valence-electron chi connectivity index (χ4n) is 2.23. The lowest BCUT2D eigenvalue weighted by atomic mass is 10.1. The van der Waals surface area contributed by atoms with Crippen LogP contribution in [0.15, 0.2) is 67.3 Å². The van der Waals surface area contributed by atoms with Crippen LogP contribution in [0.25, 0.3) is 5.69 Å². The Morgan fingerprint density at radius 3 is 2.45 bits per heavy atom. The van der Waals surface area contributed by atoms with Gasteiger partial charge in [-0.1, -0.05) is 29.8 Å². The number of nitrogens with zero attached hydrogens (tertiary/aromatic N) is 2. The number of hydrogen-bond donors (Lipinski definition) is 1. The van der Waals surface area contributed by atoms with Crippen LogP contribution < -0.4 is 5.32 Å². The van der Waals surface area contributed by atoms with Crippen molar-refractivity contribution in [2.24, 2.45) is 0 Å². The molecule has 1 heterocycles. The van der Waals surface area contributed by atoms with Gasteiger partial charge in [0.15, 0.2) is 0 Å². The molecule has 1 aromatic heterocycles. The predicted octanol–water partition coefficient (Wildman–Crippen LogP) is 3.36. The molecule has 0 aliphatic rings. The van der Waals surface area contributed by atoms with Gasteiger partial charge < -0.3 is 9.88 Å². The number of amides is 1. The fourth-order valence-corrected chi connectivity index (χ4v) is 2.23. The summed E-state index contributed by atoms with van der Waals surface area (Å²) in [4.78, 5) is 16.1. The third-order valence-electron chi connectivity index (χ3n) is 3.44. The largest absolute Gasteiger partial charge is 0.326 e. The summed E-state index contributed by atoms with van der Waals surface area (Å²) in [5.41, 5.74) is 4.01. The highest BCUT2D eigenvalue weighted by atomic mass is 16.1. The standard InChI is InChI=1S/C18H17N3O/c1-14-2-4-15(5-3-14)12-18(22)20-16-6-8-17(9-7-16)21-11-10-19-13-21/h2-11,13H,12H2,1H3,(H,20,22). The molecule has 3 aromatic rings. The molecule has 1 N–H and O–H groups in total. The van der Waals surface area contributed by atoms with Crippen molar-refractivity contribution in [2.45, 2.75) is 13.3 Å². The van der Waals surface area contributed by atoms with Gasteiger partial charge in [-0.2, -0.15) is 0 Å². The van der Waals surface area contributed by atoms with E-state index in [-0.39, 0.29) is 5.91 Å². The Kier molecular flexibility index (Phi) is 4.01. The molecule has 0 aliphatic heterocycles. The highest BCUT2D eigenvalue weighted by molar-refractivity contribution is 5.92. The number of rotatable bonds is 4. The Morgan fingerprint density at radius 1 is 1.09 bits per heavy atom. The summed E-state index contributed by atoms with van der Waals surface area (Å²) in [7, 11) is 0. The van der Waals surface area contributed by atoms with E-state index in [0.717, 1.165) is 16.9 Å². The van der Waals surface area contributed by atoms with Crippen LogP contribution in [0.5, 0.6) is 0 Å². The molecule has 1 amide bonds. The SMILES string of the molecule is Cc1ccc(CC(=O)Nc2ccc(-n3ccnc3)cc2)cc1. The number of aromatic nitrogens is 2. The molecule has 0 saturated heterocycles. The molecule has 0 aliphatic carbocycles. The molecular weight excluding hydrogens is 274 g/mol. The zero-order valence-electron chi connectivity index (χ0n) is 12.4. The van der Waals surface area contributed by atoms with E-state index in [2.05, 4.69) is 10.3 Å². The lowest BCUT2D eigenvalue weighted by Crippen LogP contribution is -2.14. The van der Waals surface area contributed by atoms with Crippen molar-refractivity contribution in [3.8, 4) is 5.69 Å². The Balaban J connectivity index is 1.63. The van der Waals surface area contributed by atoms with E-state index < -0.39 is 0 Å². The first-order valence-electron chi connectivity index (χ1n) is 7.14. The van der Waals surface area contributed by atoms with Gasteiger partial charge in [0.2, 0.25) is 5.91 Å². The first-order chi connectivity index (χ1) is 10.7.